The Balaban J connectivity index is 0.576. The van der Waals surface area contributed by atoms with Crippen molar-refractivity contribution in [1.29, 1.82) is 0 Å². The topological polar surface area (TPSA) is 325 Å². The Morgan fingerprint density at radius 2 is 0.914 bits per heavy atom. The fraction of sp³-hybridized carbons (Fsp3) is 0.524. The quantitative estimate of drug-likeness (QED) is 0.0636. The van der Waals surface area contributed by atoms with Gasteiger partial charge in [-0.1, -0.05) is 19.1 Å². The second kappa shape index (κ2) is 23.9. The van der Waals surface area contributed by atoms with E-state index < -0.39 is 48.2 Å². The average Bonchev–Trinajstić information content (AvgIpc) is 1.67. The molecule has 27 nitrogen and oxygen atoms in total. The van der Waals surface area contributed by atoms with Gasteiger partial charge in [-0.05, 0) is 208 Å². The molecule has 0 bridgehead atoms. The van der Waals surface area contributed by atoms with Crippen molar-refractivity contribution in [3.63, 3.8) is 0 Å². The van der Waals surface area contributed by atoms with Gasteiger partial charge in [-0.3, -0.25) is 9.80 Å². The summed E-state index contributed by atoms with van der Waals surface area (Å²) in [7, 11) is -9.25. The number of amides is 6. The first kappa shape index (κ1) is 61.4. The molecule has 6 aliphatic carbocycles. The van der Waals surface area contributed by atoms with Crippen molar-refractivity contribution < 1.29 is 53.8 Å². The van der Waals surface area contributed by atoms with Gasteiger partial charge in [0.15, 0.2) is 14.7 Å². The highest BCUT2D eigenvalue weighted by Gasteiger charge is 2.40. The third-order valence-electron chi connectivity index (χ3n) is 20.5. The fourth-order valence-electron chi connectivity index (χ4n) is 16.2. The third kappa shape index (κ3) is 11.2. The Kier molecular flexibility index (Phi) is 15.8. The molecule has 0 spiro atoms. The Hall–Kier alpha value is -7.77. The predicted molar refractivity (Wildman–Crippen MR) is 341 cm³/mol. The van der Waals surface area contributed by atoms with Gasteiger partial charge in [0.2, 0.25) is 17.6 Å². The number of rotatable bonds is 17. The molecular formula is C63H77N15O12S3. The summed E-state index contributed by atoms with van der Waals surface area (Å²) in [5, 5.41) is 25.3. The normalized spacial score (nSPS) is 20.7. The number of carbonyl (C=O) groups excluding carboxylic acids is 3. The van der Waals surface area contributed by atoms with Gasteiger partial charge in [-0.2, -0.15) is 15.3 Å². The van der Waals surface area contributed by atoms with Gasteiger partial charge in [-0.25, -0.2) is 67.8 Å². The van der Waals surface area contributed by atoms with Crippen LogP contribution in [0.15, 0.2) is 45.4 Å². The summed E-state index contributed by atoms with van der Waals surface area (Å²) in [6.45, 7) is 5.40. The molecule has 3 aromatic carbocycles. The molecule has 0 fully saturated rings. The monoisotopic (exact) mass is 1330 g/mol. The fourth-order valence-corrected chi connectivity index (χ4v) is 19.1. The van der Waals surface area contributed by atoms with Crippen LogP contribution in [0.25, 0.3) is 0 Å². The van der Waals surface area contributed by atoms with Crippen molar-refractivity contribution in [2.75, 3.05) is 63.0 Å². The van der Waals surface area contributed by atoms with Gasteiger partial charge in [-0.15, -0.1) is 0 Å². The molecule has 2 unspecified atom stereocenters. The van der Waals surface area contributed by atoms with Gasteiger partial charge in [0.05, 0.1) is 56.4 Å². The number of aromatic nitrogens is 6. The maximum absolute atomic E-state index is 14.2. The minimum Gasteiger partial charge on any atom is -0.475 e. The zero-order valence-electron chi connectivity index (χ0n) is 52.3. The number of carbonyl (C=O) groups is 3. The highest BCUT2D eigenvalue weighted by Crippen LogP contribution is 2.47. The Morgan fingerprint density at radius 1 is 0.505 bits per heavy atom. The molecule has 6 heterocycles. The second-order valence-electron chi connectivity index (χ2n) is 26.3. The van der Waals surface area contributed by atoms with Crippen molar-refractivity contribution in [2.45, 2.75) is 181 Å². The van der Waals surface area contributed by atoms with Gasteiger partial charge >= 0.3 is 18.1 Å². The highest BCUT2D eigenvalue weighted by atomic mass is 32.2. The number of nitrogens with zero attached hydrogens (tertiary/aromatic N) is 8. The summed E-state index contributed by atoms with van der Waals surface area (Å²) in [5.41, 5.74) is 16.3. The average molecular weight is 1330 g/mol. The lowest BCUT2D eigenvalue weighted by Gasteiger charge is -2.34. The lowest BCUT2D eigenvalue weighted by molar-refractivity contribution is 0.0956. The van der Waals surface area contributed by atoms with Crippen LogP contribution in [0.5, 0.6) is 17.6 Å². The minimum absolute atomic E-state index is 0.0212. The molecule has 15 rings (SSSR count). The van der Waals surface area contributed by atoms with Gasteiger partial charge in [0.25, 0.3) is 30.1 Å². The lowest BCUT2D eigenvalue weighted by Crippen LogP contribution is -2.45. The summed E-state index contributed by atoms with van der Waals surface area (Å²) in [6.07, 6.45) is 17.9. The molecule has 7 N–H and O–H groups in total. The van der Waals surface area contributed by atoms with Crippen LogP contribution in [0.4, 0.5) is 31.4 Å². The first-order chi connectivity index (χ1) is 44.8. The Labute approximate surface area is 539 Å². The zero-order chi connectivity index (χ0) is 64.2. The molecule has 4 atom stereocenters. The van der Waals surface area contributed by atoms with Crippen LogP contribution in [-0.4, -0.2) is 148 Å². The first-order valence-corrected chi connectivity index (χ1v) is 37.0. The zero-order valence-corrected chi connectivity index (χ0v) is 54.7. The molecule has 30 heteroatoms. The molecule has 494 valence electrons. The van der Waals surface area contributed by atoms with Gasteiger partial charge < -0.3 is 35.5 Å². The number of ether oxygens (including phenoxy) is 3. The number of aryl methyl sites for hydroxylation is 4. The summed E-state index contributed by atoms with van der Waals surface area (Å²) < 4.78 is 113. The van der Waals surface area contributed by atoms with Crippen LogP contribution >= 0.6 is 0 Å². The predicted octanol–water partition coefficient (Wildman–Crippen LogP) is 4.94. The Bertz CT molecular complexity index is 4380. The van der Waals surface area contributed by atoms with E-state index in [2.05, 4.69) is 72.7 Å². The van der Waals surface area contributed by atoms with E-state index in [-0.39, 0.29) is 76.2 Å². The Morgan fingerprint density at radius 3 is 1.42 bits per heavy atom. The lowest BCUT2D eigenvalue weighted by atomic mass is 9.91. The van der Waals surface area contributed by atoms with E-state index in [1.165, 1.54) is 49.3 Å². The SMILES string of the molecule is CCNC1COc2c(S(=O)(=O)NC(=O)Nc3c4c(cc5c3C(CN(C)[C@@H]3COc6c(S(=O)(=O)NC(=O)Nc7c8c(c(CN(C)[C@H]9COc%10c(S(=O)(=O)NC(=O)Nc%11c%12c(cc%13c%11CCC%13)CCC%12)cnn%10C9)c9c7CCC9)CCC8)cnn6C3)CC5)CCC4)cnn2C1. The highest BCUT2D eigenvalue weighted by molar-refractivity contribution is 7.90. The van der Waals surface area contributed by atoms with E-state index in [9.17, 15) is 39.6 Å². The van der Waals surface area contributed by atoms with Crippen molar-refractivity contribution in [2.24, 2.45) is 0 Å². The number of fused-ring (bicyclic) bond motifs is 9. The number of nitrogens with one attached hydrogen (secondary N) is 7. The van der Waals surface area contributed by atoms with Crippen molar-refractivity contribution in [3.05, 3.63) is 103 Å². The smallest absolute Gasteiger partial charge is 0.333 e. The van der Waals surface area contributed by atoms with E-state index >= 15 is 0 Å². The number of anilines is 3. The van der Waals surface area contributed by atoms with Crippen molar-refractivity contribution >= 4 is 65.2 Å². The van der Waals surface area contributed by atoms with Gasteiger partial charge in [0.1, 0.15) is 19.8 Å². The molecule has 6 aromatic rings. The number of benzene rings is 3. The second-order valence-corrected chi connectivity index (χ2v) is 31.2. The van der Waals surface area contributed by atoms with Gasteiger partial charge in [0, 0.05) is 30.2 Å². The number of hydrogen-bond donors (Lipinski definition) is 7. The molecule has 6 amide bonds. The van der Waals surface area contributed by atoms with Crippen LogP contribution in [0, 0.1) is 0 Å². The summed E-state index contributed by atoms with van der Waals surface area (Å²) in [4.78, 5) is 44.9. The van der Waals surface area contributed by atoms with E-state index in [4.69, 9.17) is 14.2 Å². The van der Waals surface area contributed by atoms with Crippen LogP contribution in [0.2, 0.25) is 0 Å². The van der Waals surface area contributed by atoms with Crippen LogP contribution in [-0.2, 0) is 127 Å². The molecule has 0 radical (unpaired) electrons. The molecule has 3 aromatic heterocycles. The minimum atomic E-state index is -4.49. The van der Waals surface area contributed by atoms with Crippen molar-refractivity contribution in [1.82, 2.24) is 58.6 Å². The summed E-state index contributed by atoms with van der Waals surface area (Å²) in [5.74, 6) is 0.134. The van der Waals surface area contributed by atoms with E-state index in [0.29, 0.717) is 63.5 Å². The van der Waals surface area contributed by atoms with Crippen LogP contribution in [0.3, 0.4) is 0 Å². The standard InChI is InChI=1S/C63H77N15O12S3/c1-4-64-40-28-76-58(88-32-40)51(24-65-76)91(82,83)73-63(81)70-57-45-15-7-12-37(45)23-38-20-21-39(54(38)57)27-74(2)41-29-77-59(89-33-41)52(25-66-77)93(86,87)72-62(80)69-56-48-18-8-16-46(48)50(47-17-9-19-49(47)56)31-75(3)42-30-78-60(90-34-42)53(26-67-78)92(84,85)71-61(79)68-55-43-13-5-10-35(43)22-36-11-6-14-44(36)55/h22-26,39-42,64H,4-21,27-34H2,1-3H3,(H2,68,71,79)(H2,69,72,80)(H2,70,73,81)/t39?,40?,41-,42+/m0/s1. The van der Waals surface area contributed by atoms with Crippen LogP contribution in [0.1, 0.15) is 124 Å². The molecule has 3 aliphatic heterocycles. The molecule has 0 saturated carbocycles. The molecule has 93 heavy (non-hydrogen) atoms. The molecular weight excluding hydrogens is 1250 g/mol. The third-order valence-corrected chi connectivity index (χ3v) is 24.5. The number of hydrogen-bond acceptors (Lipinski definition) is 18. The molecule has 0 saturated heterocycles. The maximum Gasteiger partial charge on any atom is 0.333 e. The number of sulfonamides is 3. The van der Waals surface area contributed by atoms with E-state index in [1.54, 1.807) is 0 Å². The molecule has 9 aliphatic rings. The first-order valence-electron chi connectivity index (χ1n) is 32.5. The summed E-state index contributed by atoms with van der Waals surface area (Å²) in [6, 6.07) is 1.42. The largest absolute Gasteiger partial charge is 0.475 e. The maximum atomic E-state index is 14.2. The van der Waals surface area contributed by atoms with Crippen LogP contribution < -0.4 is 49.6 Å². The number of likely N-dealkylation sites (N-methyl/N-ethyl adjacent to an activating group) is 3. The number of urea groups is 3. The van der Waals surface area contributed by atoms with E-state index in [0.717, 1.165) is 158 Å². The van der Waals surface area contributed by atoms with E-state index in [1.807, 2.05) is 21.0 Å². The van der Waals surface area contributed by atoms with Crippen molar-refractivity contribution in [3.8, 4) is 17.6 Å². The summed E-state index contributed by atoms with van der Waals surface area (Å²) >= 11 is 0.